The van der Waals surface area contributed by atoms with Crippen molar-refractivity contribution in [1.29, 1.82) is 0 Å². The molecule has 0 aliphatic rings. The van der Waals surface area contributed by atoms with Gasteiger partial charge >= 0.3 is 46.6 Å². The molecule has 4 rings (SSSR count). The Kier molecular flexibility index (Phi) is 11.8. The topological polar surface area (TPSA) is 58.9 Å². The van der Waals surface area contributed by atoms with Crippen LogP contribution in [-0.4, -0.2) is 8.42 Å². The van der Waals surface area contributed by atoms with E-state index in [2.05, 4.69) is 9.63 Å². The summed E-state index contributed by atoms with van der Waals surface area (Å²) in [5.41, 5.74) is 3.93. The van der Waals surface area contributed by atoms with Crippen LogP contribution in [0.4, 0.5) is 0 Å². The van der Waals surface area contributed by atoms with E-state index < -0.39 is 10.0 Å². The molecule has 154 valence electrons. The molecule has 4 aromatic rings. The van der Waals surface area contributed by atoms with Crippen LogP contribution in [0.1, 0.15) is 11.1 Å². The molecule has 7 heteroatoms. The van der Waals surface area contributed by atoms with Crippen molar-refractivity contribution in [2.75, 3.05) is 0 Å². The molecular formula is C24H21FeN2NaO2S. The van der Waals surface area contributed by atoms with Gasteiger partial charge in [0.25, 0.3) is 10.0 Å². The molecule has 0 fully saturated rings. The predicted octanol–water partition coefficient (Wildman–Crippen LogP) is 3.14. The van der Waals surface area contributed by atoms with Crippen molar-refractivity contribution < 1.29 is 55.0 Å². The summed E-state index contributed by atoms with van der Waals surface area (Å²) in [4.78, 5) is 0.135. The number of hydrogen-bond donors (Lipinski definition) is 0. The van der Waals surface area contributed by atoms with Crippen LogP contribution >= 0.6 is 0 Å². The summed E-state index contributed by atoms with van der Waals surface area (Å²) in [5, 5.41) is 3.75. The first kappa shape index (κ1) is 27.1. The molecule has 0 heterocycles. The van der Waals surface area contributed by atoms with Gasteiger partial charge in [-0.2, -0.15) is 73.6 Å². The number of sulfonamides is 1. The van der Waals surface area contributed by atoms with E-state index in [-0.39, 0.29) is 51.5 Å². The van der Waals surface area contributed by atoms with Gasteiger partial charge in [-0.1, -0.05) is 28.8 Å². The van der Waals surface area contributed by atoms with Gasteiger partial charge in [0.1, 0.15) is 0 Å². The zero-order valence-electron chi connectivity index (χ0n) is 17.4. The van der Waals surface area contributed by atoms with Crippen molar-refractivity contribution in [1.82, 2.24) is 0 Å². The summed E-state index contributed by atoms with van der Waals surface area (Å²) in [6.45, 7) is 3.34. The maximum Gasteiger partial charge on any atom is 2.00 e. The fourth-order valence-electron chi connectivity index (χ4n) is 2.60. The first-order valence-corrected chi connectivity index (χ1v) is 10.5. The predicted molar refractivity (Wildman–Crippen MR) is 116 cm³/mol. The smallest absolute Gasteiger partial charge is 0.214 e. The van der Waals surface area contributed by atoms with E-state index in [1.54, 1.807) is 12.1 Å². The second-order valence-electron chi connectivity index (χ2n) is 6.38. The third kappa shape index (κ3) is 8.62. The number of rotatable bonds is 5. The zero-order chi connectivity index (χ0) is 20.5. The summed E-state index contributed by atoms with van der Waals surface area (Å²) >= 11 is 0. The van der Waals surface area contributed by atoms with Gasteiger partial charge in [0.15, 0.2) is 0 Å². The van der Waals surface area contributed by atoms with Crippen LogP contribution in [0.5, 0.6) is 0 Å². The van der Waals surface area contributed by atoms with Crippen LogP contribution < -0.4 is 29.6 Å². The summed E-state index contributed by atoms with van der Waals surface area (Å²) in [6, 6.07) is 32.2. The Morgan fingerprint density at radius 3 is 2.16 bits per heavy atom. The second-order valence-corrected chi connectivity index (χ2v) is 7.96. The van der Waals surface area contributed by atoms with Gasteiger partial charge in [-0.3, -0.25) is 0 Å². The molecule has 4 nitrogen and oxygen atoms in total. The van der Waals surface area contributed by atoms with Crippen molar-refractivity contribution in [2.24, 2.45) is 9.63 Å². The minimum absolute atomic E-state index is 0. The Morgan fingerprint density at radius 2 is 1.58 bits per heavy atom. The number of nitrogens with zero attached hydrogens (tertiary/aromatic N) is 2. The van der Waals surface area contributed by atoms with Gasteiger partial charge in [0, 0.05) is 0 Å². The average molecular weight is 480 g/mol. The molecule has 0 atom stereocenters. The van der Waals surface area contributed by atoms with Crippen molar-refractivity contribution in [3.8, 4) is 11.1 Å². The molecule has 4 aromatic carbocycles. The molecule has 0 amide bonds. The minimum atomic E-state index is -3.77. The molecule has 31 heavy (non-hydrogen) atoms. The molecular weight excluding hydrogens is 459 g/mol. The Bertz CT molecular complexity index is 1120. The normalized spacial score (nSPS) is 10.4. The Balaban J connectivity index is 0.000000606. The quantitative estimate of drug-likeness (QED) is 0.251. The van der Waals surface area contributed by atoms with Gasteiger partial charge in [-0.15, -0.1) is 18.2 Å². The van der Waals surface area contributed by atoms with Crippen molar-refractivity contribution in [3.05, 3.63) is 121 Å². The third-order valence-corrected chi connectivity index (χ3v) is 5.30. The first-order valence-electron chi connectivity index (χ1n) is 9.10. The van der Waals surface area contributed by atoms with Crippen LogP contribution in [0.2, 0.25) is 0 Å². The van der Waals surface area contributed by atoms with E-state index >= 15 is 0 Å². The molecule has 0 radical (unpaired) electrons. The maximum absolute atomic E-state index is 12.1. The van der Waals surface area contributed by atoms with Crippen LogP contribution in [-0.2, 0) is 27.1 Å². The number of hydrogen-bond acceptors (Lipinski definition) is 3. The zero-order valence-corrected chi connectivity index (χ0v) is 21.3. The first-order chi connectivity index (χ1) is 14.0. The van der Waals surface area contributed by atoms with E-state index in [9.17, 15) is 8.42 Å². The Hall–Kier alpha value is -1.92. The van der Waals surface area contributed by atoms with Gasteiger partial charge < -0.3 is 0 Å². The molecule has 0 saturated heterocycles. The molecule has 0 aromatic heterocycles. The van der Waals surface area contributed by atoms with Crippen molar-refractivity contribution >= 4 is 10.0 Å². The van der Waals surface area contributed by atoms with Crippen LogP contribution in [0, 0.1) is 13.5 Å². The second kappa shape index (κ2) is 13.5. The van der Waals surface area contributed by atoms with E-state index in [1.807, 2.05) is 85.8 Å². The van der Waals surface area contributed by atoms with E-state index in [4.69, 9.17) is 0 Å². The van der Waals surface area contributed by atoms with Crippen LogP contribution in [0.3, 0.4) is 0 Å². The van der Waals surface area contributed by atoms with E-state index in [0.717, 1.165) is 22.3 Å². The fraction of sp³-hybridized carbons (Fsp3) is 0.0417. The van der Waals surface area contributed by atoms with Gasteiger partial charge in [-0.05, 0) is 19.1 Å². The number of benzene rings is 2. The molecule has 0 N–H and O–H groups in total. The summed E-state index contributed by atoms with van der Waals surface area (Å²) in [5.74, 6) is 0. The maximum atomic E-state index is 12.1. The molecule has 0 spiro atoms. The minimum Gasteiger partial charge on any atom is -0.214 e. The van der Waals surface area contributed by atoms with Gasteiger partial charge in [-0.25, -0.2) is 17.2 Å². The van der Waals surface area contributed by atoms with E-state index in [1.165, 1.54) is 18.7 Å². The summed E-state index contributed by atoms with van der Waals surface area (Å²) < 4.78 is 27.7. The van der Waals surface area contributed by atoms with Crippen LogP contribution in [0.25, 0.3) is 11.1 Å². The molecule has 0 bridgehead atoms. The third-order valence-electron chi connectivity index (χ3n) is 4.12. The SMILES string of the molecule is Cc1ccc(S(=O)(=O)N=N[CH-]c2cccc(-c3ccc[cH-]3)c2)cc1.[Fe+2].[Na+].c1cc[cH-]c1. The molecule has 0 unspecified atom stereocenters. The van der Waals surface area contributed by atoms with Crippen molar-refractivity contribution in [3.63, 3.8) is 0 Å². The summed E-state index contributed by atoms with van der Waals surface area (Å²) in [6.07, 6.45) is 0. The van der Waals surface area contributed by atoms with Gasteiger partial charge in [0.05, 0.1) is 4.90 Å². The molecule has 0 saturated carbocycles. The molecule has 0 aliphatic heterocycles. The summed E-state index contributed by atoms with van der Waals surface area (Å²) in [7, 11) is -3.77. The van der Waals surface area contributed by atoms with E-state index in [0.29, 0.717) is 0 Å². The Morgan fingerprint density at radius 1 is 0.871 bits per heavy atom. The largest absolute Gasteiger partial charge is 2.00 e. The monoisotopic (exact) mass is 480 g/mol. The van der Waals surface area contributed by atoms with Crippen molar-refractivity contribution in [2.45, 2.75) is 11.8 Å². The Labute approximate surface area is 217 Å². The van der Waals surface area contributed by atoms with Crippen LogP contribution in [0.15, 0.2) is 118 Å². The number of aryl methyl sites for hydroxylation is 1. The average Bonchev–Trinajstić information content (AvgIpc) is 3.45. The standard InChI is InChI=1S/C19H16N2O2S.C5H5.Fe.Na/c1-15-9-11-19(12-10-15)24(22,23)21-20-14-16-5-4-8-18(13-16)17-6-2-3-7-17;1-2-4-5-3-1;;/h2-14H,1H3;1-5H;;/q-2;-1;+2;+1. The van der Waals surface area contributed by atoms with Gasteiger partial charge in [0.2, 0.25) is 0 Å². The molecule has 0 aliphatic carbocycles. The fourth-order valence-corrected chi connectivity index (χ4v) is 3.34.